The number of benzene rings is 1. The van der Waals surface area contributed by atoms with Crippen LogP contribution in [0.15, 0.2) is 30.3 Å². The fourth-order valence-electron chi connectivity index (χ4n) is 3.32. The fraction of sp³-hybridized carbons (Fsp3) is 0.471. The second-order valence-corrected chi connectivity index (χ2v) is 6.01. The van der Waals surface area contributed by atoms with Gasteiger partial charge in [-0.15, -0.1) is 0 Å². The SMILES string of the molecule is Cc1cc(N2CCC(C)CC2CN)c2ccccc2n1. The topological polar surface area (TPSA) is 42.1 Å². The van der Waals surface area contributed by atoms with Crippen LogP contribution in [0, 0.1) is 12.8 Å². The number of aryl methyl sites for hydroxylation is 1. The van der Waals surface area contributed by atoms with E-state index in [1.807, 2.05) is 0 Å². The molecule has 2 atom stereocenters. The molecule has 1 aromatic heterocycles. The smallest absolute Gasteiger partial charge is 0.0726 e. The maximum Gasteiger partial charge on any atom is 0.0726 e. The van der Waals surface area contributed by atoms with Crippen molar-refractivity contribution in [1.82, 2.24) is 4.98 Å². The van der Waals surface area contributed by atoms with Crippen LogP contribution in [0.2, 0.25) is 0 Å². The van der Waals surface area contributed by atoms with Crippen molar-refractivity contribution in [2.45, 2.75) is 32.7 Å². The van der Waals surface area contributed by atoms with E-state index in [4.69, 9.17) is 5.73 Å². The van der Waals surface area contributed by atoms with Gasteiger partial charge in [-0.2, -0.15) is 0 Å². The molecule has 1 aromatic carbocycles. The quantitative estimate of drug-likeness (QED) is 0.911. The third kappa shape index (κ3) is 2.38. The van der Waals surface area contributed by atoms with Crippen LogP contribution < -0.4 is 10.6 Å². The zero-order chi connectivity index (χ0) is 14.1. The summed E-state index contributed by atoms with van der Waals surface area (Å²) in [6.07, 6.45) is 2.43. The van der Waals surface area contributed by atoms with E-state index in [1.165, 1.54) is 23.9 Å². The number of hydrogen-bond acceptors (Lipinski definition) is 3. The maximum absolute atomic E-state index is 6.02. The second-order valence-electron chi connectivity index (χ2n) is 6.01. The first-order chi connectivity index (χ1) is 9.69. The van der Waals surface area contributed by atoms with Gasteiger partial charge in [0.15, 0.2) is 0 Å². The van der Waals surface area contributed by atoms with Gasteiger partial charge in [-0.1, -0.05) is 25.1 Å². The molecule has 1 fully saturated rings. The third-order valence-corrected chi connectivity index (χ3v) is 4.38. The Kier molecular flexibility index (Phi) is 3.62. The number of piperidine rings is 1. The minimum absolute atomic E-state index is 0.448. The summed E-state index contributed by atoms with van der Waals surface area (Å²) in [6.45, 7) is 6.21. The van der Waals surface area contributed by atoms with Gasteiger partial charge >= 0.3 is 0 Å². The summed E-state index contributed by atoms with van der Waals surface area (Å²) in [6, 6.07) is 11.1. The normalized spacial score (nSPS) is 23.2. The van der Waals surface area contributed by atoms with Crippen molar-refractivity contribution < 1.29 is 0 Å². The van der Waals surface area contributed by atoms with Gasteiger partial charge in [0.25, 0.3) is 0 Å². The largest absolute Gasteiger partial charge is 0.367 e. The average Bonchev–Trinajstić information content (AvgIpc) is 2.46. The summed E-state index contributed by atoms with van der Waals surface area (Å²) in [7, 11) is 0. The Bertz CT molecular complexity index is 608. The summed E-state index contributed by atoms with van der Waals surface area (Å²) in [4.78, 5) is 7.14. The first kappa shape index (κ1) is 13.4. The number of para-hydroxylation sites is 1. The predicted molar refractivity (Wildman–Crippen MR) is 85.1 cm³/mol. The predicted octanol–water partition coefficient (Wildman–Crippen LogP) is 3.11. The lowest BCUT2D eigenvalue weighted by Gasteiger charge is -2.40. The number of fused-ring (bicyclic) bond motifs is 1. The van der Waals surface area contributed by atoms with Gasteiger partial charge < -0.3 is 10.6 Å². The molecule has 0 radical (unpaired) electrons. The number of nitrogens with two attached hydrogens (primary N) is 1. The molecule has 0 amide bonds. The zero-order valence-electron chi connectivity index (χ0n) is 12.3. The summed E-state index contributed by atoms with van der Waals surface area (Å²) in [5, 5.41) is 1.24. The van der Waals surface area contributed by atoms with E-state index >= 15 is 0 Å². The van der Waals surface area contributed by atoms with Gasteiger partial charge in [0, 0.05) is 35.9 Å². The monoisotopic (exact) mass is 269 g/mol. The van der Waals surface area contributed by atoms with Crippen LogP contribution in [0.4, 0.5) is 5.69 Å². The molecule has 3 heteroatoms. The number of pyridine rings is 1. The standard InChI is InChI=1S/C17H23N3/c1-12-7-8-20(14(9-12)11-18)17-10-13(2)19-16-6-4-3-5-15(16)17/h3-6,10,12,14H,7-9,11,18H2,1-2H3. The van der Waals surface area contributed by atoms with E-state index in [2.05, 4.69) is 54.1 Å². The molecule has 1 aliphatic rings. The van der Waals surface area contributed by atoms with E-state index in [9.17, 15) is 0 Å². The molecule has 2 N–H and O–H groups in total. The molecule has 106 valence electrons. The van der Waals surface area contributed by atoms with Crippen LogP contribution in [0.5, 0.6) is 0 Å². The summed E-state index contributed by atoms with van der Waals surface area (Å²) < 4.78 is 0. The number of anilines is 1. The lowest BCUT2D eigenvalue weighted by Crippen LogP contribution is -2.46. The molecular formula is C17H23N3. The van der Waals surface area contributed by atoms with Crippen LogP contribution in [-0.2, 0) is 0 Å². The lowest BCUT2D eigenvalue weighted by molar-refractivity contribution is 0.367. The molecule has 1 aliphatic heterocycles. The molecule has 1 saturated heterocycles. The lowest BCUT2D eigenvalue weighted by atomic mass is 9.91. The Morgan fingerprint density at radius 2 is 2.15 bits per heavy atom. The van der Waals surface area contributed by atoms with Gasteiger partial charge in [-0.3, -0.25) is 4.98 Å². The Hall–Kier alpha value is -1.61. The summed E-state index contributed by atoms with van der Waals surface area (Å²) >= 11 is 0. The fourth-order valence-corrected chi connectivity index (χ4v) is 3.32. The minimum Gasteiger partial charge on any atom is -0.367 e. The van der Waals surface area contributed by atoms with Crippen molar-refractivity contribution in [3.63, 3.8) is 0 Å². The van der Waals surface area contributed by atoms with Crippen molar-refractivity contribution in [3.8, 4) is 0 Å². The Labute approximate surface area is 120 Å². The highest BCUT2D eigenvalue weighted by Crippen LogP contribution is 2.32. The number of rotatable bonds is 2. The molecule has 0 spiro atoms. The minimum atomic E-state index is 0.448. The average molecular weight is 269 g/mol. The van der Waals surface area contributed by atoms with Crippen molar-refractivity contribution in [1.29, 1.82) is 0 Å². The first-order valence-electron chi connectivity index (χ1n) is 7.52. The molecule has 3 nitrogen and oxygen atoms in total. The maximum atomic E-state index is 6.02. The Balaban J connectivity index is 2.08. The van der Waals surface area contributed by atoms with Gasteiger partial charge in [0.05, 0.1) is 5.52 Å². The molecule has 20 heavy (non-hydrogen) atoms. The van der Waals surface area contributed by atoms with Crippen molar-refractivity contribution in [3.05, 3.63) is 36.0 Å². The highest BCUT2D eigenvalue weighted by atomic mass is 15.2. The molecular weight excluding hydrogens is 246 g/mol. The molecule has 0 bridgehead atoms. The molecule has 0 aliphatic carbocycles. The number of hydrogen-bond donors (Lipinski definition) is 1. The van der Waals surface area contributed by atoms with E-state index in [0.29, 0.717) is 6.04 Å². The first-order valence-corrected chi connectivity index (χ1v) is 7.52. The number of nitrogens with zero attached hydrogens (tertiary/aromatic N) is 2. The third-order valence-electron chi connectivity index (χ3n) is 4.38. The molecule has 2 aromatic rings. The van der Waals surface area contributed by atoms with E-state index in [1.54, 1.807) is 0 Å². The van der Waals surface area contributed by atoms with Crippen molar-refractivity contribution >= 4 is 16.6 Å². The van der Waals surface area contributed by atoms with E-state index in [0.717, 1.165) is 30.2 Å². The number of aromatic nitrogens is 1. The van der Waals surface area contributed by atoms with E-state index < -0.39 is 0 Å². The van der Waals surface area contributed by atoms with Crippen LogP contribution in [0.25, 0.3) is 10.9 Å². The molecule has 0 saturated carbocycles. The van der Waals surface area contributed by atoms with Gasteiger partial charge in [0.1, 0.15) is 0 Å². The molecule has 2 unspecified atom stereocenters. The Morgan fingerprint density at radius 3 is 2.95 bits per heavy atom. The van der Waals surface area contributed by atoms with Gasteiger partial charge in [0.2, 0.25) is 0 Å². The van der Waals surface area contributed by atoms with Crippen molar-refractivity contribution in [2.24, 2.45) is 11.7 Å². The Morgan fingerprint density at radius 1 is 1.35 bits per heavy atom. The van der Waals surface area contributed by atoms with Crippen LogP contribution in [0.3, 0.4) is 0 Å². The molecule has 2 heterocycles. The summed E-state index contributed by atoms with van der Waals surface area (Å²) in [5.74, 6) is 0.772. The highest BCUT2D eigenvalue weighted by Gasteiger charge is 2.26. The van der Waals surface area contributed by atoms with E-state index in [-0.39, 0.29) is 0 Å². The highest BCUT2D eigenvalue weighted by molar-refractivity contribution is 5.92. The van der Waals surface area contributed by atoms with Crippen LogP contribution in [-0.4, -0.2) is 24.1 Å². The van der Waals surface area contributed by atoms with Gasteiger partial charge in [-0.25, -0.2) is 0 Å². The molecule has 3 rings (SSSR count). The second kappa shape index (κ2) is 5.41. The van der Waals surface area contributed by atoms with Crippen molar-refractivity contribution in [2.75, 3.05) is 18.0 Å². The van der Waals surface area contributed by atoms with Crippen LogP contribution >= 0.6 is 0 Å². The zero-order valence-corrected chi connectivity index (χ0v) is 12.3. The van der Waals surface area contributed by atoms with Gasteiger partial charge in [-0.05, 0) is 37.8 Å². The summed E-state index contributed by atoms with van der Waals surface area (Å²) in [5.41, 5.74) is 9.48. The van der Waals surface area contributed by atoms with Crippen LogP contribution in [0.1, 0.15) is 25.5 Å².